The fourth-order valence-corrected chi connectivity index (χ4v) is 2.78. The number of rotatable bonds is 4. The molecule has 1 saturated carbocycles. The maximum Gasteiger partial charge on any atom is 0.248 e. The number of nitrogens with one attached hydrogen (secondary N) is 1. The highest BCUT2D eigenvalue weighted by Gasteiger charge is 2.34. The molecule has 100 valence electrons. The molecule has 4 heteroatoms. The standard InChI is InChI=1S/C14H18BrF2N/c15-13-4-2-1-3-12(13)10-18-9-11-5-7-14(16,17)8-6-11/h1-4,11,18H,5-10H2. The normalized spacial score (nSPS) is 19.9. The Bertz CT molecular complexity index is 385. The summed E-state index contributed by atoms with van der Waals surface area (Å²) in [6, 6.07) is 8.06. The number of benzene rings is 1. The van der Waals surface area contributed by atoms with Gasteiger partial charge in [-0.1, -0.05) is 34.1 Å². The highest BCUT2D eigenvalue weighted by molar-refractivity contribution is 9.10. The molecule has 0 spiro atoms. The summed E-state index contributed by atoms with van der Waals surface area (Å²) in [4.78, 5) is 0. The van der Waals surface area contributed by atoms with Gasteiger partial charge in [-0.05, 0) is 36.9 Å². The van der Waals surface area contributed by atoms with E-state index in [1.165, 1.54) is 5.56 Å². The largest absolute Gasteiger partial charge is 0.312 e. The fraction of sp³-hybridized carbons (Fsp3) is 0.571. The van der Waals surface area contributed by atoms with Gasteiger partial charge in [0.05, 0.1) is 0 Å². The van der Waals surface area contributed by atoms with Gasteiger partial charge >= 0.3 is 0 Å². The van der Waals surface area contributed by atoms with E-state index in [1.54, 1.807) is 0 Å². The monoisotopic (exact) mass is 317 g/mol. The van der Waals surface area contributed by atoms with E-state index in [0.29, 0.717) is 18.8 Å². The van der Waals surface area contributed by atoms with Crippen LogP contribution in [0.15, 0.2) is 28.7 Å². The quantitative estimate of drug-likeness (QED) is 0.869. The van der Waals surface area contributed by atoms with E-state index in [-0.39, 0.29) is 12.8 Å². The van der Waals surface area contributed by atoms with Crippen LogP contribution in [0.25, 0.3) is 0 Å². The fourth-order valence-electron chi connectivity index (χ4n) is 2.36. The maximum absolute atomic E-state index is 13.0. The van der Waals surface area contributed by atoms with Gasteiger partial charge in [-0.25, -0.2) is 8.78 Å². The molecule has 1 aliphatic carbocycles. The summed E-state index contributed by atoms with van der Waals surface area (Å²) in [6.07, 6.45) is 1.37. The first-order valence-corrected chi connectivity index (χ1v) is 7.18. The second-order valence-electron chi connectivity index (χ2n) is 5.02. The summed E-state index contributed by atoms with van der Waals surface area (Å²) in [5.41, 5.74) is 1.21. The molecular weight excluding hydrogens is 300 g/mol. The summed E-state index contributed by atoms with van der Waals surface area (Å²) in [6.45, 7) is 1.62. The molecule has 18 heavy (non-hydrogen) atoms. The lowest BCUT2D eigenvalue weighted by molar-refractivity contribution is -0.0455. The minimum Gasteiger partial charge on any atom is -0.312 e. The van der Waals surface area contributed by atoms with Gasteiger partial charge in [0.15, 0.2) is 0 Å². The second-order valence-corrected chi connectivity index (χ2v) is 5.88. The Morgan fingerprint density at radius 1 is 1.22 bits per heavy atom. The molecule has 0 aromatic heterocycles. The van der Waals surface area contributed by atoms with E-state index in [9.17, 15) is 8.78 Å². The van der Waals surface area contributed by atoms with E-state index >= 15 is 0 Å². The molecule has 0 amide bonds. The van der Waals surface area contributed by atoms with Crippen LogP contribution in [-0.2, 0) is 6.54 Å². The Balaban J connectivity index is 1.72. The van der Waals surface area contributed by atoms with Crippen molar-refractivity contribution in [1.82, 2.24) is 5.32 Å². The van der Waals surface area contributed by atoms with Crippen LogP contribution in [0.4, 0.5) is 8.78 Å². The van der Waals surface area contributed by atoms with E-state index in [0.717, 1.165) is 17.6 Å². The lowest BCUT2D eigenvalue weighted by Crippen LogP contribution is -2.30. The van der Waals surface area contributed by atoms with Crippen molar-refractivity contribution in [3.63, 3.8) is 0 Å². The molecular formula is C14H18BrF2N. The molecule has 0 aliphatic heterocycles. The third kappa shape index (κ3) is 4.02. The van der Waals surface area contributed by atoms with Gasteiger partial charge in [0.25, 0.3) is 0 Å². The van der Waals surface area contributed by atoms with Crippen molar-refractivity contribution in [2.75, 3.05) is 6.54 Å². The summed E-state index contributed by atoms with van der Waals surface area (Å²) in [5.74, 6) is -2.02. The minimum absolute atomic E-state index is 0.0500. The molecule has 1 nitrogen and oxygen atoms in total. The molecule has 1 N–H and O–H groups in total. The van der Waals surface area contributed by atoms with Crippen molar-refractivity contribution in [2.45, 2.75) is 38.2 Å². The van der Waals surface area contributed by atoms with Crippen molar-refractivity contribution < 1.29 is 8.78 Å². The first-order valence-electron chi connectivity index (χ1n) is 6.39. The zero-order chi connectivity index (χ0) is 13.0. The van der Waals surface area contributed by atoms with E-state index in [1.807, 2.05) is 18.2 Å². The molecule has 0 heterocycles. The van der Waals surface area contributed by atoms with Gasteiger partial charge in [0.1, 0.15) is 0 Å². The minimum atomic E-state index is -2.42. The lowest BCUT2D eigenvalue weighted by Gasteiger charge is -2.28. The predicted molar refractivity (Wildman–Crippen MR) is 72.8 cm³/mol. The number of alkyl halides is 2. The zero-order valence-corrected chi connectivity index (χ0v) is 11.8. The molecule has 1 aromatic carbocycles. The smallest absolute Gasteiger partial charge is 0.248 e. The topological polar surface area (TPSA) is 12.0 Å². The maximum atomic E-state index is 13.0. The highest BCUT2D eigenvalue weighted by Crippen LogP contribution is 2.35. The van der Waals surface area contributed by atoms with Crippen molar-refractivity contribution in [3.8, 4) is 0 Å². The number of halogens is 3. The Morgan fingerprint density at radius 3 is 2.56 bits per heavy atom. The number of hydrogen-bond donors (Lipinski definition) is 1. The molecule has 1 aromatic rings. The first kappa shape index (κ1) is 13.9. The molecule has 1 aliphatic rings. The molecule has 0 radical (unpaired) electrons. The first-order chi connectivity index (χ1) is 8.57. The number of hydrogen-bond acceptors (Lipinski definition) is 1. The van der Waals surface area contributed by atoms with Gasteiger partial charge in [-0.2, -0.15) is 0 Å². The van der Waals surface area contributed by atoms with Crippen molar-refractivity contribution in [3.05, 3.63) is 34.3 Å². The average Bonchev–Trinajstić information content (AvgIpc) is 2.34. The van der Waals surface area contributed by atoms with Gasteiger partial charge in [-0.15, -0.1) is 0 Å². The van der Waals surface area contributed by atoms with Crippen LogP contribution in [0.2, 0.25) is 0 Å². The van der Waals surface area contributed by atoms with Crippen molar-refractivity contribution in [1.29, 1.82) is 0 Å². The summed E-state index contributed by atoms with van der Waals surface area (Å²) in [7, 11) is 0. The van der Waals surface area contributed by atoms with Crippen molar-refractivity contribution in [2.24, 2.45) is 5.92 Å². The molecule has 0 atom stereocenters. The van der Waals surface area contributed by atoms with Crippen LogP contribution in [-0.4, -0.2) is 12.5 Å². The third-order valence-corrected chi connectivity index (χ3v) is 4.32. The van der Waals surface area contributed by atoms with Gasteiger partial charge in [0, 0.05) is 23.9 Å². The Hall–Kier alpha value is -0.480. The zero-order valence-electron chi connectivity index (χ0n) is 10.3. The lowest BCUT2D eigenvalue weighted by atomic mass is 9.87. The van der Waals surface area contributed by atoms with Crippen LogP contribution in [0.3, 0.4) is 0 Å². The highest BCUT2D eigenvalue weighted by atomic mass is 79.9. The molecule has 0 unspecified atom stereocenters. The second kappa shape index (κ2) is 6.11. The predicted octanol–water partition coefficient (Wildman–Crippen LogP) is 4.36. The Morgan fingerprint density at radius 2 is 1.89 bits per heavy atom. The van der Waals surface area contributed by atoms with E-state index in [2.05, 4.69) is 27.3 Å². The molecule has 0 bridgehead atoms. The third-order valence-electron chi connectivity index (χ3n) is 3.54. The summed E-state index contributed by atoms with van der Waals surface area (Å²) >= 11 is 3.50. The summed E-state index contributed by atoms with van der Waals surface area (Å²) < 4.78 is 27.1. The van der Waals surface area contributed by atoms with Gasteiger partial charge in [0.2, 0.25) is 5.92 Å². The van der Waals surface area contributed by atoms with Gasteiger partial charge < -0.3 is 5.32 Å². The van der Waals surface area contributed by atoms with Crippen LogP contribution in [0.5, 0.6) is 0 Å². The SMILES string of the molecule is FC1(F)CCC(CNCc2ccccc2Br)CC1. The van der Waals surface area contributed by atoms with E-state index < -0.39 is 5.92 Å². The van der Waals surface area contributed by atoms with E-state index in [4.69, 9.17) is 0 Å². The molecule has 0 saturated heterocycles. The summed E-state index contributed by atoms with van der Waals surface area (Å²) in [5, 5.41) is 3.36. The molecule has 1 fully saturated rings. The van der Waals surface area contributed by atoms with Crippen LogP contribution in [0.1, 0.15) is 31.2 Å². The van der Waals surface area contributed by atoms with Crippen LogP contribution >= 0.6 is 15.9 Å². The van der Waals surface area contributed by atoms with Gasteiger partial charge in [-0.3, -0.25) is 0 Å². The Kier molecular flexibility index (Phi) is 4.73. The van der Waals surface area contributed by atoms with Crippen LogP contribution in [0, 0.1) is 5.92 Å². The molecule has 2 rings (SSSR count). The average molecular weight is 318 g/mol. The Labute approximate surface area is 115 Å². The van der Waals surface area contributed by atoms with Crippen LogP contribution < -0.4 is 5.32 Å². The van der Waals surface area contributed by atoms with Crippen molar-refractivity contribution >= 4 is 15.9 Å².